The van der Waals surface area contributed by atoms with E-state index in [9.17, 15) is 8.42 Å². The summed E-state index contributed by atoms with van der Waals surface area (Å²) in [5.41, 5.74) is 6.17. The van der Waals surface area contributed by atoms with Crippen molar-refractivity contribution in [2.45, 2.75) is 11.4 Å². The van der Waals surface area contributed by atoms with Crippen LogP contribution in [0.5, 0.6) is 0 Å². The minimum atomic E-state index is -3.77. The molecule has 0 aliphatic carbocycles. The van der Waals surface area contributed by atoms with E-state index in [4.69, 9.17) is 12.3 Å². The number of benzene rings is 1. The molecule has 0 aliphatic rings. The van der Waals surface area contributed by atoms with Crippen molar-refractivity contribution in [3.05, 3.63) is 40.7 Å². The molecule has 13 heavy (non-hydrogen) atoms. The summed E-state index contributed by atoms with van der Waals surface area (Å²) in [6, 6.07) is 5.96. The molecular weight excluding hydrogens is 188 g/mol. The first kappa shape index (κ1) is 9.71. The first-order chi connectivity index (χ1) is 6.10. The summed E-state index contributed by atoms with van der Waals surface area (Å²) in [5, 5.41) is 0. The van der Waals surface area contributed by atoms with Gasteiger partial charge in [0.25, 0.3) is 0 Å². The fraction of sp³-hybridized carbons (Fsp3) is 0.125. The fourth-order valence-corrected chi connectivity index (χ4v) is 1.44. The van der Waals surface area contributed by atoms with Gasteiger partial charge in [-0.15, -0.1) is 8.42 Å². The van der Waals surface area contributed by atoms with E-state index >= 15 is 0 Å². The molecule has 0 fully saturated rings. The Bertz CT molecular complexity index is 428. The van der Waals surface area contributed by atoms with Crippen LogP contribution in [0.3, 0.4) is 0 Å². The van der Waals surface area contributed by atoms with Gasteiger partial charge in [-0.2, -0.15) is 4.25 Å². The fourth-order valence-electron chi connectivity index (χ4n) is 0.850. The van der Waals surface area contributed by atoms with E-state index in [1.165, 1.54) is 12.1 Å². The maximum Gasteiger partial charge on any atom is 0.468 e. The molecule has 0 saturated carbocycles. The Morgan fingerprint density at radius 3 is 2.23 bits per heavy atom. The average Bonchev–Trinajstić information content (AvgIpc) is 2.18. The highest BCUT2D eigenvalue weighted by Crippen LogP contribution is 2.12. The van der Waals surface area contributed by atoms with Crippen LogP contribution in [0, 0.1) is 6.57 Å². The molecule has 2 N–H and O–H groups in total. The second kappa shape index (κ2) is 3.56. The molecule has 0 aliphatic heterocycles. The highest BCUT2D eigenvalue weighted by Gasteiger charge is 2.17. The predicted octanol–water partition coefficient (Wildman–Crippen LogP) is 0.753. The van der Waals surface area contributed by atoms with Crippen molar-refractivity contribution in [1.29, 1.82) is 0 Å². The maximum atomic E-state index is 11.0. The Labute approximate surface area is 76.9 Å². The number of sulfonamides is 1. The van der Waals surface area contributed by atoms with Gasteiger partial charge in [0.1, 0.15) is 4.90 Å². The minimum Gasteiger partial charge on any atom is -0.326 e. The van der Waals surface area contributed by atoms with Crippen molar-refractivity contribution in [1.82, 2.24) is 0 Å². The second-order valence-electron chi connectivity index (χ2n) is 2.41. The normalized spacial score (nSPS) is 10.8. The summed E-state index contributed by atoms with van der Waals surface area (Å²) in [4.78, 5) is 0.0136. The van der Waals surface area contributed by atoms with Gasteiger partial charge in [-0.05, 0) is 17.7 Å². The summed E-state index contributed by atoms with van der Waals surface area (Å²) >= 11 is 0. The Kier molecular flexibility index (Phi) is 2.66. The molecule has 0 amide bonds. The molecule has 0 bridgehead atoms. The highest BCUT2D eigenvalue weighted by molar-refractivity contribution is 7.93. The molecule has 1 aromatic carbocycles. The van der Waals surface area contributed by atoms with E-state index < -0.39 is 10.0 Å². The smallest absolute Gasteiger partial charge is 0.326 e. The number of hydrogen-bond acceptors (Lipinski definition) is 3. The summed E-state index contributed by atoms with van der Waals surface area (Å²) in [6.45, 7) is 6.81. The van der Waals surface area contributed by atoms with E-state index in [1.54, 1.807) is 12.1 Å². The van der Waals surface area contributed by atoms with Crippen LogP contribution in [0.4, 0.5) is 0 Å². The third kappa shape index (κ3) is 2.05. The van der Waals surface area contributed by atoms with E-state index in [-0.39, 0.29) is 4.90 Å². The molecule has 0 atom stereocenters. The van der Waals surface area contributed by atoms with Gasteiger partial charge in [-0.1, -0.05) is 12.1 Å². The molecule has 5 heteroatoms. The molecule has 0 radical (unpaired) electrons. The standard InChI is InChI=1S/C8H8N2O2S/c1-10-13(11,12)8-4-2-7(6-9)3-5-8/h2-5H,6,9H2. The molecule has 1 rings (SSSR count). The third-order valence-corrected chi connectivity index (χ3v) is 2.69. The number of nitrogens with zero attached hydrogens (tertiary/aromatic N) is 1. The summed E-state index contributed by atoms with van der Waals surface area (Å²) in [7, 11) is -3.77. The van der Waals surface area contributed by atoms with Gasteiger partial charge in [0, 0.05) is 6.54 Å². The van der Waals surface area contributed by atoms with Crippen molar-refractivity contribution >= 4 is 10.0 Å². The van der Waals surface area contributed by atoms with Crippen molar-refractivity contribution < 1.29 is 8.42 Å². The van der Waals surface area contributed by atoms with E-state index in [2.05, 4.69) is 4.25 Å². The predicted molar refractivity (Wildman–Crippen MR) is 48.1 cm³/mol. The van der Waals surface area contributed by atoms with Gasteiger partial charge in [0.15, 0.2) is 0 Å². The quantitative estimate of drug-likeness (QED) is 0.710. The van der Waals surface area contributed by atoms with Crippen LogP contribution < -0.4 is 5.73 Å². The van der Waals surface area contributed by atoms with Crippen LogP contribution in [-0.2, 0) is 16.6 Å². The lowest BCUT2D eigenvalue weighted by atomic mass is 10.2. The Morgan fingerprint density at radius 2 is 1.85 bits per heavy atom. The van der Waals surface area contributed by atoms with E-state index in [1.807, 2.05) is 0 Å². The van der Waals surface area contributed by atoms with Crippen molar-refractivity contribution in [3.63, 3.8) is 0 Å². The number of hydrogen-bond donors (Lipinski definition) is 1. The zero-order chi connectivity index (χ0) is 9.90. The van der Waals surface area contributed by atoms with Gasteiger partial charge < -0.3 is 5.73 Å². The lowest BCUT2D eigenvalue weighted by molar-refractivity contribution is 0.604. The average molecular weight is 196 g/mol. The van der Waals surface area contributed by atoms with Gasteiger partial charge in [0.05, 0.1) is 0 Å². The lowest BCUT2D eigenvalue weighted by Crippen LogP contribution is -1.98. The maximum absolute atomic E-state index is 11.0. The zero-order valence-corrected chi connectivity index (χ0v) is 7.58. The molecular formula is C8H8N2O2S. The molecule has 0 saturated heterocycles. The number of rotatable bonds is 2. The summed E-state index contributed by atoms with van der Waals surface area (Å²) in [5.74, 6) is 0. The van der Waals surface area contributed by atoms with Crippen LogP contribution in [0.2, 0.25) is 0 Å². The molecule has 0 heterocycles. The summed E-state index contributed by atoms with van der Waals surface area (Å²) in [6.07, 6.45) is 0. The van der Waals surface area contributed by atoms with Crippen molar-refractivity contribution in [3.8, 4) is 0 Å². The van der Waals surface area contributed by atoms with Crippen LogP contribution in [0.25, 0.3) is 4.25 Å². The molecule has 0 spiro atoms. The van der Waals surface area contributed by atoms with Crippen LogP contribution in [-0.4, -0.2) is 8.42 Å². The second-order valence-corrected chi connectivity index (χ2v) is 4.02. The Morgan fingerprint density at radius 1 is 1.31 bits per heavy atom. The van der Waals surface area contributed by atoms with Crippen LogP contribution in [0.15, 0.2) is 29.2 Å². The monoisotopic (exact) mass is 196 g/mol. The van der Waals surface area contributed by atoms with Crippen molar-refractivity contribution in [2.24, 2.45) is 5.73 Å². The first-order valence-corrected chi connectivity index (χ1v) is 4.97. The van der Waals surface area contributed by atoms with Crippen LogP contribution in [0.1, 0.15) is 5.56 Å². The molecule has 4 nitrogen and oxygen atoms in total. The largest absolute Gasteiger partial charge is 0.468 e. The van der Waals surface area contributed by atoms with Crippen LogP contribution >= 0.6 is 0 Å². The third-order valence-electron chi connectivity index (χ3n) is 1.58. The van der Waals surface area contributed by atoms with E-state index in [0.717, 1.165) is 5.56 Å². The first-order valence-electron chi connectivity index (χ1n) is 3.53. The topological polar surface area (TPSA) is 64.5 Å². The molecule has 1 aromatic rings. The van der Waals surface area contributed by atoms with Gasteiger partial charge in [-0.3, -0.25) is 0 Å². The lowest BCUT2D eigenvalue weighted by Gasteiger charge is -1.95. The van der Waals surface area contributed by atoms with Gasteiger partial charge >= 0.3 is 10.0 Å². The summed E-state index contributed by atoms with van der Waals surface area (Å²) < 4.78 is 24.6. The van der Waals surface area contributed by atoms with Gasteiger partial charge in [-0.25, -0.2) is 6.57 Å². The highest BCUT2D eigenvalue weighted by atomic mass is 32.2. The Hall–Kier alpha value is -1.38. The zero-order valence-electron chi connectivity index (χ0n) is 6.77. The number of nitrogens with two attached hydrogens (primary N) is 1. The molecule has 0 unspecified atom stereocenters. The van der Waals surface area contributed by atoms with Crippen molar-refractivity contribution in [2.75, 3.05) is 0 Å². The molecule has 68 valence electrons. The van der Waals surface area contributed by atoms with E-state index in [0.29, 0.717) is 6.54 Å². The SMILES string of the molecule is [C-]#[N+]S(=O)(=O)c1ccc(CN)cc1. The van der Waals surface area contributed by atoms with Gasteiger partial charge in [0.2, 0.25) is 0 Å². The Balaban J connectivity index is 3.16. The molecule has 0 aromatic heterocycles. The minimum absolute atomic E-state index is 0.0136.